The standard InChI is InChI=1S/C22H26N4O2/c1-13-7-24-17(8-23-13)9-25-22(27)21-18-11-26(12-19(18)21)10-15-3-4-20-16(6-15)5-14(2)28-20/h3-4,6-8,14,18-19,21H,5,9-12H2,1-2H3,(H,25,27)/t14?,18-,19+,21?. The maximum absolute atomic E-state index is 12.5. The molecule has 2 unspecified atom stereocenters. The van der Waals surface area contributed by atoms with Crippen LogP contribution >= 0.6 is 0 Å². The number of nitrogens with zero attached hydrogens (tertiary/aromatic N) is 3. The number of aromatic nitrogens is 2. The highest BCUT2D eigenvalue weighted by molar-refractivity contribution is 5.82. The first-order chi connectivity index (χ1) is 13.6. The highest BCUT2D eigenvalue weighted by Gasteiger charge is 2.59. The van der Waals surface area contributed by atoms with Crippen LogP contribution in [0.4, 0.5) is 0 Å². The van der Waals surface area contributed by atoms with Crippen molar-refractivity contribution >= 4 is 5.91 Å². The van der Waals surface area contributed by atoms with Crippen LogP contribution in [0, 0.1) is 24.7 Å². The molecule has 1 aliphatic carbocycles. The number of fused-ring (bicyclic) bond motifs is 2. The van der Waals surface area contributed by atoms with Crippen molar-refractivity contribution in [1.29, 1.82) is 0 Å². The molecule has 6 heteroatoms. The fourth-order valence-electron chi connectivity index (χ4n) is 4.77. The summed E-state index contributed by atoms with van der Waals surface area (Å²) in [5, 5.41) is 3.03. The van der Waals surface area contributed by atoms with Crippen LogP contribution in [0.3, 0.4) is 0 Å². The quantitative estimate of drug-likeness (QED) is 0.863. The Morgan fingerprint density at radius 1 is 1.25 bits per heavy atom. The van der Waals surface area contributed by atoms with Crippen molar-refractivity contribution in [1.82, 2.24) is 20.2 Å². The molecule has 3 heterocycles. The van der Waals surface area contributed by atoms with Crippen LogP contribution < -0.4 is 10.1 Å². The van der Waals surface area contributed by atoms with Crippen LogP contribution in [0.15, 0.2) is 30.6 Å². The number of nitrogens with one attached hydrogen (secondary N) is 1. The summed E-state index contributed by atoms with van der Waals surface area (Å²) >= 11 is 0. The molecular formula is C22H26N4O2. The number of hydrogen-bond acceptors (Lipinski definition) is 5. The highest BCUT2D eigenvalue weighted by Crippen LogP contribution is 2.52. The molecule has 1 amide bonds. The first kappa shape index (κ1) is 17.6. The summed E-state index contributed by atoms with van der Waals surface area (Å²) in [5.41, 5.74) is 4.36. The normalized spacial score (nSPS) is 27.8. The van der Waals surface area contributed by atoms with E-state index < -0.39 is 0 Å². The third-order valence-corrected chi connectivity index (χ3v) is 6.22. The number of aryl methyl sites for hydroxylation is 1. The lowest BCUT2D eigenvalue weighted by Gasteiger charge is -2.19. The van der Waals surface area contributed by atoms with Crippen molar-refractivity contribution < 1.29 is 9.53 Å². The molecule has 1 aromatic carbocycles. The number of ether oxygens (including phenoxy) is 1. The van der Waals surface area contributed by atoms with Gasteiger partial charge in [0.1, 0.15) is 11.9 Å². The summed E-state index contributed by atoms with van der Waals surface area (Å²) in [6.45, 7) is 7.46. The molecule has 6 nitrogen and oxygen atoms in total. The average Bonchev–Trinajstić information content (AvgIpc) is 2.98. The van der Waals surface area contributed by atoms with Crippen LogP contribution in [0.1, 0.15) is 29.4 Å². The van der Waals surface area contributed by atoms with E-state index in [1.165, 1.54) is 11.1 Å². The zero-order valence-corrected chi connectivity index (χ0v) is 16.4. The second kappa shape index (κ2) is 6.85. The minimum absolute atomic E-state index is 0.167. The van der Waals surface area contributed by atoms with Crippen molar-refractivity contribution in [2.75, 3.05) is 13.1 Å². The second-order valence-corrected chi connectivity index (χ2v) is 8.49. The SMILES string of the molecule is Cc1cnc(CNC(=O)C2[C@H]3CN(Cc4ccc5c(c4)CC(C)O5)C[C@@H]23)cn1. The summed E-state index contributed by atoms with van der Waals surface area (Å²) in [4.78, 5) is 23.5. The number of benzene rings is 1. The Labute approximate surface area is 165 Å². The van der Waals surface area contributed by atoms with Gasteiger partial charge in [0.2, 0.25) is 5.91 Å². The van der Waals surface area contributed by atoms with Gasteiger partial charge in [0.15, 0.2) is 0 Å². The van der Waals surface area contributed by atoms with Gasteiger partial charge in [-0.2, -0.15) is 0 Å². The molecule has 3 aliphatic rings. The van der Waals surface area contributed by atoms with Crippen LogP contribution in [0.2, 0.25) is 0 Å². The van der Waals surface area contributed by atoms with Crippen LogP contribution in [0.25, 0.3) is 0 Å². The van der Waals surface area contributed by atoms with E-state index in [4.69, 9.17) is 4.74 Å². The van der Waals surface area contributed by atoms with Crippen LogP contribution in [-0.4, -0.2) is 40.0 Å². The van der Waals surface area contributed by atoms with Crippen LogP contribution in [-0.2, 0) is 24.3 Å². The Morgan fingerprint density at radius 3 is 2.82 bits per heavy atom. The minimum atomic E-state index is 0.167. The van der Waals surface area contributed by atoms with Gasteiger partial charge in [0, 0.05) is 38.2 Å². The lowest BCUT2D eigenvalue weighted by atomic mass is 10.1. The summed E-state index contributed by atoms with van der Waals surface area (Å²) in [5.74, 6) is 2.38. The third kappa shape index (κ3) is 3.37. The average molecular weight is 378 g/mol. The lowest BCUT2D eigenvalue weighted by molar-refractivity contribution is -0.123. The van der Waals surface area contributed by atoms with E-state index in [1.807, 2.05) is 6.92 Å². The molecule has 0 spiro atoms. The molecule has 146 valence electrons. The molecule has 1 aromatic heterocycles. The van der Waals surface area contributed by atoms with Gasteiger partial charge in [-0.3, -0.25) is 19.7 Å². The summed E-state index contributed by atoms with van der Waals surface area (Å²) in [7, 11) is 0. The number of likely N-dealkylation sites (tertiary alicyclic amines) is 1. The molecule has 0 bridgehead atoms. The van der Waals surface area contributed by atoms with E-state index in [0.29, 0.717) is 18.4 Å². The van der Waals surface area contributed by atoms with E-state index in [9.17, 15) is 4.79 Å². The highest BCUT2D eigenvalue weighted by atomic mass is 16.5. The predicted molar refractivity (Wildman–Crippen MR) is 105 cm³/mol. The predicted octanol–water partition coefficient (Wildman–Crippen LogP) is 2.10. The third-order valence-electron chi connectivity index (χ3n) is 6.22. The fraction of sp³-hybridized carbons (Fsp3) is 0.500. The molecular weight excluding hydrogens is 352 g/mol. The Kier molecular flexibility index (Phi) is 4.31. The van der Waals surface area contributed by atoms with Gasteiger partial charge in [0.25, 0.3) is 0 Å². The van der Waals surface area contributed by atoms with Crippen molar-refractivity contribution in [3.05, 3.63) is 53.1 Å². The first-order valence-corrected chi connectivity index (χ1v) is 10.1. The van der Waals surface area contributed by atoms with Gasteiger partial charge >= 0.3 is 0 Å². The number of piperidine rings is 1. The lowest BCUT2D eigenvalue weighted by Crippen LogP contribution is -2.31. The number of rotatable bonds is 5. The largest absolute Gasteiger partial charge is 0.490 e. The maximum Gasteiger partial charge on any atom is 0.224 e. The molecule has 4 atom stereocenters. The topological polar surface area (TPSA) is 67.4 Å². The van der Waals surface area contributed by atoms with E-state index in [1.54, 1.807) is 12.4 Å². The van der Waals surface area contributed by atoms with E-state index in [2.05, 4.69) is 45.3 Å². The molecule has 0 radical (unpaired) electrons. The fourth-order valence-corrected chi connectivity index (χ4v) is 4.77. The monoisotopic (exact) mass is 378 g/mol. The van der Waals surface area contributed by atoms with Crippen LogP contribution in [0.5, 0.6) is 5.75 Å². The van der Waals surface area contributed by atoms with E-state index >= 15 is 0 Å². The van der Waals surface area contributed by atoms with Gasteiger partial charge in [0.05, 0.1) is 24.1 Å². The Bertz CT molecular complexity index is 886. The Hall–Kier alpha value is -2.47. The van der Waals surface area contributed by atoms with Crippen molar-refractivity contribution in [3.63, 3.8) is 0 Å². The molecule has 2 aliphatic heterocycles. The number of hydrogen-bond donors (Lipinski definition) is 1. The molecule has 1 saturated carbocycles. The zero-order chi connectivity index (χ0) is 19.3. The van der Waals surface area contributed by atoms with E-state index in [-0.39, 0.29) is 17.9 Å². The summed E-state index contributed by atoms with van der Waals surface area (Å²) < 4.78 is 5.79. The van der Waals surface area contributed by atoms with Gasteiger partial charge in [-0.15, -0.1) is 0 Å². The molecule has 2 fully saturated rings. The van der Waals surface area contributed by atoms with Gasteiger partial charge in [-0.05, 0) is 42.9 Å². The van der Waals surface area contributed by atoms with Crippen molar-refractivity contribution in [2.45, 2.75) is 39.5 Å². The maximum atomic E-state index is 12.5. The Balaban J connectivity index is 1.11. The van der Waals surface area contributed by atoms with Gasteiger partial charge in [-0.25, -0.2) is 0 Å². The summed E-state index contributed by atoms with van der Waals surface area (Å²) in [6.07, 6.45) is 4.75. The smallest absolute Gasteiger partial charge is 0.224 e. The molecule has 5 rings (SSSR count). The van der Waals surface area contributed by atoms with Gasteiger partial charge < -0.3 is 10.1 Å². The van der Waals surface area contributed by atoms with Crippen molar-refractivity contribution in [3.8, 4) is 5.75 Å². The minimum Gasteiger partial charge on any atom is -0.490 e. The van der Waals surface area contributed by atoms with Crippen molar-refractivity contribution in [2.24, 2.45) is 17.8 Å². The molecule has 28 heavy (non-hydrogen) atoms. The molecule has 1 N–H and O–H groups in total. The number of carbonyl (C=O) groups is 1. The molecule has 2 aromatic rings. The molecule has 1 saturated heterocycles. The second-order valence-electron chi connectivity index (χ2n) is 8.49. The van der Waals surface area contributed by atoms with E-state index in [0.717, 1.165) is 43.2 Å². The summed E-state index contributed by atoms with van der Waals surface area (Å²) in [6, 6.07) is 6.57. The zero-order valence-electron chi connectivity index (χ0n) is 16.4. The number of carbonyl (C=O) groups excluding carboxylic acids is 1. The number of amides is 1. The Morgan fingerprint density at radius 2 is 2.07 bits per heavy atom. The van der Waals surface area contributed by atoms with Gasteiger partial charge in [-0.1, -0.05) is 12.1 Å². The first-order valence-electron chi connectivity index (χ1n) is 10.1.